The molecule has 0 aromatic rings. The molecule has 2 aliphatic rings. The summed E-state index contributed by atoms with van der Waals surface area (Å²) in [5.41, 5.74) is 0.327. The van der Waals surface area contributed by atoms with Gasteiger partial charge in [-0.3, -0.25) is 4.21 Å². The summed E-state index contributed by atoms with van der Waals surface area (Å²) in [5, 5.41) is 4.17. The summed E-state index contributed by atoms with van der Waals surface area (Å²) < 4.78 is 18.7. The number of nitrogens with one attached hydrogen (secondary N) is 1. The lowest BCUT2D eigenvalue weighted by Crippen LogP contribution is -2.51. The Labute approximate surface area is 126 Å². The van der Waals surface area contributed by atoms with Crippen molar-refractivity contribution in [3.8, 4) is 0 Å². The van der Waals surface area contributed by atoms with Crippen LogP contribution in [0.2, 0.25) is 0 Å². The van der Waals surface area contributed by atoms with Gasteiger partial charge in [0.05, 0.1) is 16.6 Å². The van der Waals surface area contributed by atoms with E-state index in [4.69, 9.17) is 4.74 Å². The monoisotopic (exact) mass is 301 g/mol. The third-order valence-corrected chi connectivity index (χ3v) is 7.20. The predicted molar refractivity (Wildman–Crippen MR) is 85.5 cm³/mol. The van der Waals surface area contributed by atoms with Gasteiger partial charge in [0, 0.05) is 23.4 Å². The summed E-state index contributed by atoms with van der Waals surface area (Å²) >= 11 is 0. The second-order valence-electron chi connectivity index (χ2n) is 7.24. The highest BCUT2D eigenvalue weighted by Crippen LogP contribution is 2.39. The average molecular weight is 301 g/mol. The van der Waals surface area contributed by atoms with Gasteiger partial charge >= 0.3 is 0 Å². The number of hydrogen-bond acceptors (Lipinski definition) is 3. The average Bonchev–Trinajstić information content (AvgIpc) is 2.82. The first kappa shape index (κ1) is 16.4. The van der Waals surface area contributed by atoms with Crippen molar-refractivity contribution in [2.45, 2.75) is 82.4 Å². The largest absolute Gasteiger partial charge is 0.377 e. The van der Waals surface area contributed by atoms with Gasteiger partial charge in [0.15, 0.2) is 0 Å². The summed E-state index contributed by atoms with van der Waals surface area (Å²) in [6.07, 6.45) is 5.73. The molecule has 20 heavy (non-hydrogen) atoms. The minimum absolute atomic E-state index is 0.160. The quantitative estimate of drug-likeness (QED) is 0.848. The Morgan fingerprint density at radius 3 is 2.65 bits per heavy atom. The molecule has 1 aliphatic heterocycles. The maximum atomic E-state index is 13.1. The molecule has 0 spiro atoms. The molecule has 1 N–H and O–H groups in total. The lowest BCUT2D eigenvalue weighted by atomic mass is 9.75. The van der Waals surface area contributed by atoms with Crippen LogP contribution in [0.25, 0.3) is 0 Å². The first-order valence-corrected chi connectivity index (χ1v) is 9.46. The van der Waals surface area contributed by atoms with E-state index in [2.05, 4.69) is 33.0 Å². The molecule has 2 fully saturated rings. The van der Waals surface area contributed by atoms with Gasteiger partial charge in [-0.1, -0.05) is 20.8 Å². The molecule has 4 heteroatoms. The van der Waals surface area contributed by atoms with Gasteiger partial charge in [0.25, 0.3) is 0 Å². The molecule has 1 heterocycles. The number of ether oxygens (including phenoxy) is 1. The zero-order chi connectivity index (χ0) is 14.8. The zero-order valence-corrected chi connectivity index (χ0v) is 14.3. The smallest absolute Gasteiger partial charge is 0.0691 e. The van der Waals surface area contributed by atoms with Gasteiger partial charge in [0.1, 0.15) is 0 Å². The van der Waals surface area contributed by atoms with E-state index in [0.29, 0.717) is 16.7 Å². The fraction of sp³-hybridized carbons (Fsp3) is 1.00. The zero-order valence-electron chi connectivity index (χ0n) is 13.5. The van der Waals surface area contributed by atoms with Crippen molar-refractivity contribution in [1.82, 2.24) is 5.32 Å². The summed E-state index contributed by atoms with van der Waals surface area (Å²) in [6.45, 7) is 10.7. The van der Waals surface area contributed by atoms with Crippen LogP contribution in [0.3, 0.4) is 0 Å². The van der Waals surface area contributed by atoms with E-state index < -0.39 is 10.8 Å². The third kappa shape index (κ3) is 3.83. The van der Waals surface area contributed by atoms with Crippen LogP contribution in [0.5, 0.6) is 0 Å². The standard InChI is InChI=1S/C16H31NO2S/c1-5-9-17-13-6-8-16(3,4)11-15(13)20(18)14-7-10-19-12(14)2/h12-15,17H,5-11H2,1-4H3. The first-order chi connectivity index (χ1) is 9.44. The summed E-state index contributed by atoms with van der Waals surface area (Å²) in [4.78, 5) is 0. The Balaban J connectivity index is 2.07. The molecule has 1 saturated heterocycles. The Hall–Kier alpha value is 0.0700. The van der Waals surface area contributed by atoms with Crippen molar-refractivity contribution in [2.75, 3.05) is 13.2 Å². The first-order valence-electron chi connectivity index (χ1n) is 8.19. The van der Waals surface area contributed by atoms with Crippen molar-refractivity contribution in [3.63, 3.8) is 0 Å². The van der Waals surface area contributed by atoms with Gasteiger partial charge in [0.2, 0.25) is 0 Å². The Kier molecular flexibility index (Phi) is 5.66. The van der Waals surface area contributed by atoms with Gasteiger partial charge in [-0.25, -0.2) is 0 Å². The van der Waals surface area contributed by atoms with Crippen LogP contribution in [-0.4, -0.2) is 40.0 Å². The molecule has 0 radical (unpaired) electrons. The van der Waals surface area contributed by atoms with E-state index in [-0.39, 0.29) is 11.4 Å². The van der Waals surface area contributed by atoms with Crippen molar-refractivity contribution in [3.05, 3.63) is 0 Å². The Morgan fingerprint density at radius 2 is 2.05 bits per heavy atom. The van der Waals surface area contributed by atoms with Crippen LogP contribution in [-0.2, 0) is 15.5 Å². The fourth-order valence-electron chi connectivity index (χ4n) is 3.57. The van der Waals surface area contributed by atoms with E-state index in [1.54, 1.807) is 0 Å². The highest BCUT2D eigenvalue weighted by Gasteiger charge is 2.42. The van der Waals surface area contributed by atoms with Gasteiger partial charge in [-0.2, -0.15) is 0 Å². The highest BCUT2D eigenvalue weighted by molar-refractivity contribution is 7.86. The molecule has 1 saturated carbocycles. The number of rotatable bonds is 5. The van der Waals surface area contributed by atoms with Crippen LogP contribution in [0.4, 0.5) is 0 Å². The molecule has 5 atom stereocenters. The molecule has 3 nitrogen and oxygen atoms in total. The Morgan fingerprint density at radius 1 is 1.30 bits per heavy atom. The molecule has 0 aromatic carbocycles. The topological polar surface area (TPSA) is 38.3 Å². The van der Waals surface area contributed by atoms with Crippen molar-refractivity contribution < 1.29 is 8.95 Å². The van der Waals surface area contributed by atoms with Crippen LogP contribution in [0, 0.1) is 5.41 Å². The maximum absolute atomic E-state index is 13.1. The summed E-state index contributed by atoms with van der Waals surface area (Å²) in [6, 6.07) is 0.427. The van der Waals surface area contributed by atoms with Crippen LogP contribution in [0.15, 0.2) is 0 Å². The number of hydrogen-bond donors (Lipinski definition) is 1. The predicted octanol–water partition coefficient (Wildman–Crippen LogP) is 2.86. The molecule has 0 amide bonds. The van der Waals surface area contributed by atoms with Crippen LogP contribution >= 0.6 is 0 Å². The SMILES string of the molecule is CCCNC1CCC(C)(C)CC1S(=O)C1CCOC1C. The maximum Gasteiger partial charge on any atom is 0.0691 e. The van der Waals surface area contributed by atoms with Crippen LogP contribution < -0.4 is 5.32 Å². The Bertz CT molecular complexity index is 345. The van der Waals surface area contributed by atoms with Gasteiger partial charge < -0.3 is 10.1 Å². The van der Waals surface area contributed by atoms with Crippen molar-refractivity contribution in [2.24, 2.45) is 5.41 Å². The lowest BCUT2D eigenvalue weighted by Gasteiger charge is -2.41. The normalized spacial score (nSPS) is 38.8. The molecule has 118 valence electrons. The van der Waals surface area contributed by atoms with Gasteiger partial charge in [-0.15, -0.1) is 0 Å². The lowest BCUT2D eigenvalue weighted by molar-refractivity contribution is 0.126. The molecular weight excluding hydrogens is 270 g/mol. The molecular formula is C16H31NO2S. The molecule has 5 unspecified atom stereocenters. The van der Waals surface area contributed by atoms with E-state index >= 15 is 0 Å². The van der Waals surface area contributed by atoms with E-state index in [1.807, 2.05) is 0 Å². The minimum atomic E-state index is -0.780. The van der Waals surface area contributed by atoms with E-state index in [9.17, 15) is 4.21 Å². The molecule has 0 bridgehead atoms. The second-order valence-corrected chi connectivity index (χ2v) is 9.11. The minimum Gasteiger partial charge on any atom is -0.377 e. The summed E-state index contributed by atoms with van der Waals surface area (Å²) in [5.74, 6) is 0. The molecule has 2 rings (SSSR count). The van der Waals surface area contributed by atoms with E-state index in [1.165, 1.54) is 6.42 Å². The van der Waals surface area contributed by atoms with Crippen LogP contribution in [0.1, 0.15) is 59.8 Å². The van der Waals surface area contributed by atoms with E-state index in [0.717, 1.165) is 38.8 Å². The van der Waals surface area contributed by atoms with Crippen molar-refractivity contribution >= 4 is 10.8 Å². The molecule has 0 aromatic heterocycles. The highest BCUT2D eigenvalue weighted by atomic mass is 32.2. The third-order valence-electron chi connectivity index (χ3n) is 4.89. The second kappa shape index (κ2) is 6.89. The fourth-order valence-corrected chi connectivity index (χ4v) is 5.98. The molecule has 1 aliphatic carbocycles. The summed E-state index contributed by atoms with van der Waals surface area (Å²) in [7, 11) is -0.780. The van der Waals surface area contributed by atoms with Gasteiger partial charge in [-0.05, 0) is 51.0 Å². The van der Waals surface area contributed by atoms with Crippen molar-refractivity contribution in [1.29, 1.82) is 0 Å².